The van der Waals surface area contributed by atoms with Crippen molar-refractivity contribution < 1.29 is 17.9 Å². The number of nitrogens with zero attached hydrogens (tertiary/aromatic N) is 3. The molecule has 0 aliphatic carbocycles. The van der Waals surface area contributed by atoms with Gasteiger partial charge in [-0.05, 0) is 65.0 Å². The molecule has 0 spiro atoms. The summed E-state index contributed by atoms with van der Waals surface area (Å²) in [6, 6.07) is 20.8. The second kappa shape index (κ2) is 10.7. The van der Waals surface area contributed by atoms with Gasteiger partial charge in [0.1, 0.15) is 12.1 Å². The SMILES string of the molecule is FC(F)(F)Oc1ccc(-n2cnc3c4ccc(C=NCC(=S)Cc5c(Cl)cccc5Cl)cc4ccc32)cc1. The van der Waals surface area contributed by atoms with Gasteiger partial charge in [0.15, 0.2) is 0 Å². The molecule has 0 aliphatic heterocycles. The van der Waals surface area contributed by atoms with Crippen LogP contribution in [0.4, 0.5) is 13.2 Å². The standard InChI is InChI=1S/C28H18Cl2F3N3OS/c29-24-2-1-3-25(30)23(24)13-21(38)15-34-14-17-4-10-22-18(12-17)5-11-26-27(22)35-16-36(26)19-6-8-20(9-7-19)37-28(31,32)33/h1-12,14,16H,13,15H2. The maximum atomic E-state index is 12.5. The third-order valence-electron chi connectivity index (χ3n) is 5.85. The van der Waals surface area contributed by atoms with Gasteiger partial charge < -0.3 is 4.74 Å². The number of benzene rings is 4. The Kier molecular flexibility index (Phi) is 7.38. The number of fused-ring (bicyclic) bond motifs is 3. The molecule has 0 saturated heterocycles. The van der Waals surface area contributed by atoms with E-state index in [1.165, 1.54) is 12.1 Å². The van der Waals surface area contributed by atoms with Crippen LogP contribution in [0.15, 0.2) is 84.1 Å². The summed E-state index contributed by atoms with van der Waals surface area (Å²) in [5.41, 5.74) is 3.98. The number of halogens is 5. The van der Waals surface area contributed by atoms with Gasteiger partial charge in [0, 0.05) is 38.6 Å². The van der Waals surface area contributed by atoms with Gasteiger partial charge in [-0.25, -0.2) is 4.98 Å². The molecule has 0 unspecified atom stereocenters. The number of imidazole rings is 1. The summed E-state index contributed by atoms with van der Waals surface area (Å²) in [7, 11) is 0. The first-order chi connectivity index (χ1) is 18.2. The summed E-state index contributed by atoms with van der Waals surface area (Å²) < 4.78 is 43.1. The van der Waals surface area contributed by atoms with Crippen molar-refractivity contribution in [2.45, 2.75) is 12.8 Å². The second-order valence-corrected chi connectivity index (χ2v) is 9.85. The average Bonchev–Trinajstić information content (AvgIpc) is 3.30. The fraction of sp³-hybridized carbons (Fsp3) is 0.107. The quantitative estimate of drug-likeness (QED) is 0.145. The highest BCUT2D eigenvalue weighted by molar-refractivity contribution is 7.80. The second-order valence-electron chi connectivity index (χ2n) is 8.46. The summed E-state index contributed by atoms with van der Waals surface area (Å²) in [6.45, 7) is 0.366. The van der Waals surface area contributed by atoms with Crippen LogP contribution >= 0.6 is 35.4 Å². The molecule has 4 nitrogen and oxygen atoms in total. The molecule has 0 bridgehead atoms. The van der Waals surface area contributed by atoms with Gasteiger partial charge in [-0.1, -0.05) is 59.7 Å². The average molecular weight is 572 g/mol. The topological polar surface area (TPSA) is 39.4 Å². The summed E-state index contributed by atoms with van der Waals surface area (Å²) >= 11 is 17.9. The first-order valence-electron chi connectivity index (χ1n) is 11.4. The van der Waals surface area contributed by atoms with Crippen LogP contribution in [0.1, 0.15) is 11.1 Å². The fourth-order valence-corrected chi connectivity index (χ4v) is 4.88. The van der Waals surface area contributed by atoms with Crippen LogP contribution in [-0.4, -0.2) is 33.5 Å². The highest BCUT2D eigenvalue weighted by Crippen LogP contribution is 2.29. The Morgan fingerprint density at radius 1 is 1.00 bits per heavy atom. The number of alkyl halides is 3. The third-order valence-corrected chi connectivity index (χ3v) is 6.83. The molecule has 1 heterocycles. The molecule has 0 fully saturated rings. The van der Waals surface area contributed by atoms with Crippen LogP contribution in [-0.2, 0) is 6.42 Å². The van der Waals surface area contributed by atoms with E-state index in [2.05, 4.69) is 14.7 Å². The predicted octanol–water partition coefficient (Wildman–Crippen LogP) is 8.42. The maximum absolute atomic E-state index is 12.5. The van der Waals surface area contributed by atoms with Crippen LogP contribution in [0.2, 0.25) is 10.0 Å². The zero-order valence-electron chi connectivity index (χ0n) is 19.5. The van der Waals surface area contributed by atoms with Gasteiger partial charge >= 0.3 is 6.36 Å². The molecule has 0 aliphatic rings. The molecule has 5 rings (SSSR count). The van der Waals surface area contributed by atoms with E-state index in [-0.39, 0.29) is 5.75 Å². The molecule has 0 amide bonds. The molecule has 1 aromatic heterocycles. The Morgan fingerprint density at radius 2 is 1.74 bits per heavy atom. The van der Waals surface area contributed by atoms with E-state index >= 15 is 0 Å². The van der Waals surface area contributed by atoms with E-state index in [1.807, 2.05) is 34.9 Å². The monoisotopic (exact) mass is 571 g/mol. The minimum atomic E-state index is -4.73. The molecule has 192 valence electrons. The van der Waals surface area contributed by atoms with Crippen molar-refractivity contribution in [3.05, 3.63) is 100 Å². The summed E-state index contributed by atoms with van der Waals surface area (Å²) in [4.78, 5) is 9.76. The lowest BCUT2D eigenvalue weighted by Crippen LogP contribution is -2.17. The number of hydrogen-bond donors (Lipinski definition) is 0. The fourth-order valence-electron chi connectivity index (χ4n) is 4.13. The molecular weight excluding hydrogens is 554 g/mol. The lowest BCUT2D eigenvalue weighted by atomic mass is 10.1. The summed E-state index contributed by atoms with van der Waals surface area (Å²) in [5, 5.41) is 3.09. The molecule has 0 radical (unpaired) electrons. The van der Waals surface area contributed by atoms with Gasteiger partial charge in [0.05, 0.1) is 17.6 Å². The molecular formula is C28H18Cl2F3N3OS. The molecule has 4 aromatic carbocycles. The molecule has 0 atom stereocenters. The van der Waals surface area contributed by atoms with Crippen molar-refractivity contribution in [2.24, 2.45) is 4.99 Å². The minimum Gasteiger partial charge on any atom is -0.406 e. The normalized spacial score (nSPS) is 12.0. The van der Waals surface area contributed by atoms with E-state index < -0.39 is 6.36 Å². The minimum absolute atomic E-state index is 0.279. The van der Waals surface area contributed by atoms with Crippen molar-refractivity contribution in [1.82, 2.24) is 9.55 Å². The number of thiocarbonyl (C=S) groups is 1. The predicted molar refractivity (Wildman–Crippen MR) is 150 cm³/mol. The Bertz CT molecular complexity index is 1660. The summed E-state index contributed by atoms with van der Waals surface area (Å²) in [6.07, 6.45) is -0.845. The Balaban J connectivity index is 1.32. The van der Waals surface area contributed by atoms with Crippen molar-refractivity contribution in [1.29, 1.82) is 0 Å². The van der Waals surface area contributed by atoms with Crippen LogP contribution in [0, 0.1) is 0 Å². The Morgan fingerprint density at radius 3 is 2.45 bits per heavy atom. The Labute approximate surface area is 231 Å². The summed E-state index contributed by atoms with van der Waals surface area (Å²) in [5.74, 6) is -0.279. The Hall–Kier alpha value is -3.46. The molecule has 10 heteroatoms. The van der Waals surface area contributed by atoms with Crippen LogP contribution in [0.3, 0.4) is 0 Å². The largest absolute Gasteiger partial charge is 0.573 e. The zero-order valence-corrected chi connectivity index (χ0v) is 21.9. The van der Waals surface area contributed by atoms with Crippen molar-refractivity contribution >= 4 is 68.3 Å². The number of ether oxygens (including phenoxy) is 1. The highest BCUT2D eigenvalue weighted by Gasteiger charge is 2.31. The van der Waals surface area contributed by atoms with Crippen molar-refractivity contribution in [3.63, 3.8) is 0 Å². The van der Waals surface area contributed by atoms with Gasteiger partial charge in [-0.15, -0.1) is 13.2 Å². The van der Waals surface area contributed by atoms with E-state index in [0.29, 0.717) is 28.7 Å². The number of rotatable bonds is 7. The van der Waals surface area contributed by atoms with Gasteiger partial charge in [-0.3, -0.25) is 9.56 Å². The van der Waals surface area contributed by atoms with Gasteiger partial charge in [0.25, 0.3) is 0 Å². The maximum Gasteiger partial charge on any atom is 0.573 e. The van der Waals surface area contributed by atoms with Crippen molar-refractivity contribution in [3.8, 4) is 11.4 Å². The first-order valence-corrected chi connectivity index (χ1v) is 12.5. The molecule has 5 aromatic rings. The molecule has 0 N–H and O–H groups in total. The van der Waals surface area contributed by atoms with E-state index in [9.17, 15) is 13.2 Å². The van der Waals surface area contributed by atoms with E-state index in [4.69, 9.17) is 35.4 Å². The van der Waals surface area contributed by atoms with E-state index in [1.54, 1.807) is 42.9 Å². The lowest BCUT2D eigenvalue weighted by molar-refractivity contribution is -0.274. The molecule has 38 heavy (non-hydrogen) atoms. The zero-order chi connectivity index (χ0) is 26.9. The van der Waals surface area contributed by atoms with Crippen LogP contribution in [0.5, 0.6) is 5.75 Å². The lowest BCUT2D eigenvalue weighted by Gasteiger charge is -2.10. The van der Waals surface area contributed by atoms with Crippen LogP contribution < -0.4 is 4.74 Å². The number of aliphatic imine (C=N–C) groups is 1. The third kappa shape index (κ3) is 5.83. The van der Waals surface area contributed by atoms with Gasteiger partial charge in [0.2, 0.25) is 0 Å². The first kappa shape index (κ1) is 26.2. The van der Waals surface area contributed by atoms with Crippen molar-refractivity contribution in [2.75, 3.05) is 6.54 Å². The smallest absolute Gasteiger partial charge is 0.406 e. The van der Waals surface area contributed by atoms with Gasteiger partial charge in [-0.2, -0.15) is 0 Å². The highest BCUT2D eigenvalue weighted by atomic mass is 35.5. The molecule has 0 saturated carbocycles. The number of aromatic nitrogens is 2. The van der Waals surface area contributed by atoms with Crippen LogP contribution in [0.25, 0.3) is 27.5 Å². The number of hydrogen-bond acceptors (Lipinski definition) is 4. The van der Waals surface area contributed by atoms with E-state index in [0.717, 1.165) is 37.8 Å².